The lowest BCUT2D eigenvalue weighted by atomic mass is 10.0. The molecular formula is C9H3ClF3NO2. The summed E-state index contributed by atoms with van der Waals surface area (Å²) in [6.07, 6.45) is -4.83. The fourth-order valence-electron chi connectivity index (χ4n) is 1.07. The number of carboxylic acids is 1. The number of hydrogen-bond acceptors (Lipinski definition) is 2. The van der Waals surface area contributed by atoms with E-state index in [9.17, 15) is 18.0 Å². The van der Waals surface area contributed by atoms with E-state index in [1.54, 1.807) is 0 Å². The molecule has 0 heterocycles. The molecule has 0 radical (unpaired) electrons. The van der Waals surface area contributed by atoms with Crippen LogP contribution in [0.25, 0.3) is 0 Å². The molecule has 1 N–H and O–H groups in total. The quantitative estimate of drug-likeness (QED) is 0.832. The summed E-state index contributed by atoms with van der Waals surface area (Å²) in [5.41, 5.74) is -2.68. The number of nitrogens with zero attached hydrogens (tertiary/aromatic N) is 1. The summed E-state index contributed by atoms with van der Waals surface area (Å²) in [4.78, 5) is 10.6. The summed E-state index contributed by atoms with van der Waals surface area (Å²) in [6.45, 7) is 0. The Bertz CT molecular complexity index is 491. The van der Waals surface area contributed by atoms with Crippen molar-refractivity contribution in [1.82, 2.24) is 0 Å². The Hall–Kier alpha value is -1.74. The zero-order valence-electron chi connectivity index (χ0n) is 7.47. The fourth-order valence-corrected chi connectivity index (χ4v) is 1.28. The number of benzene rings is 1. The smallest absolute Gasteiger partial charge is 0.417 e. The topological polar surface area (TPSA) is 61.1 Å². The highest BCUT2D eigenvalue weighted by atomic mass is 35.5. The number of aromatic carboxylic acids is 1. The van der Waals surface area contributed by atoms with Gasteiger partial charge in [0.05, 0.1) is 21.7 Å². The summed E-state index contributed by atoms with van der Waals surface area (Å²) in [7, 11) is 0. The highest BCUT2D eigenvalue weighted by Crippen LogP contribution is 2.35. The summed E-state index contributed by atoms with van der Waals surface area (Å²) < 4.78 is 37.3. The maximum atomic E-state index is 12.4. The molecule has 84 valence electrons. The van der Waals surface area contributed by atoms with Gasteiger partial charge in [0.15, 0.2) is 0 Å². The maximum Gasteiger partial charge on any atom is 0.417 e. The Balaban J connectivity index is 3.57. The molecule has 0 saturated heterocycles. The third kappa shape index (κ3) is 2.25. The van der Waals surface area contributed by atoms with Gasteiger partial charge in [-0.15, -0.1) is 0 Å². The first kappa shape index (κ1) is 12.3. The Labute approximate surface area is 92.7 Å². The molecular weight excluding hydrogens is 247 g/mol. The van der Waals surface area contributed by atoms with E-state index < -0.39 is 28.3 Å². The second-order valence-electron chi connectivity index (χ2n) is 2.79. The van der Waals surface area contributed by atoms with E-state index >= 15 is 0 Å². The minimum absolute atomic E-state index is 0.313. The van der Waals surface area contributed by atoms with Crippen LogP contribution < -0.4 is 0 Å². The number of carboxylic acid groups (broad SMARTS) is 1. The second-order valence-corrected chi connectivity index (χ2v) is 3.20. The molecule has 0 aliphatic rings. The third-order valence-electron chi connectivity index (χ3n) is 1.76. The van der Waals surface area contributed by atoms with Gasteiger partial charge in [0.1, 0.15) is 6.07 Å². The van der Waals surface area contributed by atoms with Crippen molar-refractivity contribution in [3.63, 3.8) is 0 Å². The minimum Gasteiger partial charge on any atom is -0.478 e. The van der Waals surface area contributed by atoms with Crippen LogP contribution in [-0.2, 0) is 6.18 Å². The largest absolute Gasteiger partial charge is 0.478 e. The predicted molar refractivity (Wildman–Crippen MR) is 48.1 cm³/mol. The molecule has 0 bridgehead atoms. The van der Waals surface area contributed by atoms with Gasteiger partial charge in [-0.2, -0.15) is 18.4 Å². The van der Waals surface area contributed by atoms with E-state index in [2.05, 4.69) is 0 Å². The number of alkyl halides is 3. The van der Waals surface area contributed by atoms with Crippen molar-refractivity contribution in [2.24, 2.45) is 0 Å². The molecule has 1 aromatic carbocycles. The monoisotopic (exact) mass is 249 g/mol. The lowest BCUT2D eigenvalue weighted by Gasteiger charge is -2.11. The van der Waals surface area contributed by atoms with E-state index in [0.717, 1.165) is 0 Å². The van der Waals surface area contributed by atoms with Gasteiger partial charge in [-0.25, -0.2) is 4.79 Å². The van der Waals surface area contributed by atoms with Crippen molar-refractivity contribution in [2.45, 2.75) is 6.18 Å². The van der Waals surface area contributed by atoms with Gasteiger partial charge < -0.3 is 5.11 Å². The molecule has 16 heavy (non-hydrogen) atoms. The van der Waals surface area contributed by atoms with Crippen LogP contribution in [0.5, 0.6) is 0 Å². The van der Waals surface area contributed by atoms with Crippen LogP contribution in [0, 0.1) is 11.3 Å². The average molecular weight is 250 g/mol. The standard InChI is InChI=1S/C9H3ClF3NO2/c10-7-2-6(9(11,12)13)5(8(15)16)1-4(7)3-14/h1-2H,(H,15,16). The van der Waals surface area contributed by atoms with Crippen LogP contribution in [-0.4, -0.2) is 11.1 Å². The van der Waals surface area contributed by atoms with Crippen molar-refractivity contribution in [2.75, 3.05) is 0 Å². The second kappa shape index (κ2) is 4.02. The maximum absolute atomic E-state index is 12.4. The minimum atomic E-state index is -4.83. The molecule has 0 aliphatic carbocycles. The fraction of sp³-hybridized carbons (Fsp3) is 0.111. The molecule has 0 aliphatic heterocycles. The van der Waals surface area contributed by atoms with Gasteiger partial charge >= 0.3 is 12.1 Å². The van der Waals surface area contributed by atoms with E-state index in [0.29, 0.717) is 12.1 Å². The molecule has 0 amide bonds. The van der Waals surface area contributed by atoms with Crippen LogP contribution in [0.2, 0.25) is 5.02 Å². The number of halogens is 4. The number of rotatable bonds is 1. The first-order valence-corrected chi connectivity index (χ1v) is 4.19. The van der Waals surface area contributed by atoms with Crippen LogP contribution in [0.3, 0.4) is 0 Å². The van der Waals surface area contributed by atoms with Crippen LogP contribution in [0.4, 0.5) is 13.2 Å². The molecule has 0 fully saturated rings. The molecule has 0 aromatic heterocycles. The van der Waals surface area contributed by atoms with Crippen molar-refractivity contribution in [3.05, 3.63) is 33.8 Å². The molecule has 1 aromatic rings. The molecule has 0 unspecified atom stereocenters. The molecule has 7 heteroatoms. The molecule has 3 nitrogen and oxygen atoms in total. The lowest BCUT2D eigenvalue weighted by molar-refractivity contribution is -0.138. The van der Waals surface area contributed by atoms with Crippen molar-refractivity contribution in [3.8, 4) is 6.07 Å². The van der Waals surface area contributed by atoms with E-state index in [4.69, 9.17) is 22.0 Å². The first-order chi connectivity index (χ1) is 7.27. The Morgan fingerprint density at radius 3 is 2.38 bits per heavy atom. The number of hydrogen-bond donors (Lipinski definition) is 1. The molecule has 0 atom stereocenters. The average Bonchev–Trinajstić information content (AvgIpc) is 2.15. The summed E-state index contributed by atoms with van der Waals surface area (Å²) in [6, 6.07) is 2.55. The highest BCUT2D eigenvalue weighted by Gasteiger charge is 2.36. The van der Waals surface area contributed by atoms with E-state index in [1.165, 1.54) is 6.07 Å². The van der Waals surface area contributed by atoms with E-state index in [-0.39, 0.29) is 5.56 Å². The Kier molecular flexibility index (Phi) is 3.10. The van der Waals surface area contributed by atoms with Gasteiger partial charge in [-0.1, -0.05) is 11.6 Å². The SMILES string of the molecule is N#Cc1cc(C(=O)O)c(C(F)(F)F)cc1Cl. The van der Waals surface area contributed by atoms with Crippen LogP contribution in [0.1, 0.15) is 21.5 Å². The first-order valence-electron chi connectivity index (χ1n) is 3.81. The Morgan fingerprint density at radius 1 is 1.44 bits per heavy atom. The van der Waals surface area contributed by atoms with Crippen molar-refractivity contribution in [1.29, 1.82) is 5.26 Å². The van der Waals surface area contributed by atoms with E-state index in [1.807, 2.05) is 0 Å². The predicted octanol–water partition coefficient (Wildman–Crippen LogP) is 2.93. The normalized spacial score (nSPS) is 10.9. The summed E-state index contributed by atoms with van der Waals surface area (Å²) >= 11 is 5.40. The van der Waals surface area contributed by atoms with Crippen LogP contribution >= 0.6 is 11.6 Å². The zero-order valence-corrected chi connectivity index (χ0v) is 8.23. The summed E-state index contributed by atoms with van der Waals surface area (Å²) in [5, 5.41) is 16.7. The van der Waals surface area contributed by atoms with Gasteiger partial charge in [0.25, 0.3) is 0 Å². The Morgan fingerprint density at radius 2 is 2.00 bits per heavy atom. The molecule has 0 spiro atoms. The summed E-state index contributed by atoms with van der Waals surface area (Å²) in [5.74, 6) is -1.76. The molecule has 1 rings (SSSR count). The van der Waals surface area contributed by atoms with Gasteiger partial charge in [-0.3, -0.25) is 0 Å². The van der Waals surface area contributed by atoms with Gasteiger partial charge in [-0.05, 0) is 12.1 Å². The number of carbonyl (C=O) groups is 1. The van der Waals surface area contributed by atoms with Gasteiger partial charge in [0.2, 0.25) is 0 Å². The number of nitriles is 1. The highest BCUT2D eigenvalue weighted by molar-refractivity contribution is 6.32. The zero-order chi connectivity index (χ0) is 12.5. The lowest BCUT2D eigenvalue weighted by Crippen LogP contribution is -2.13. The third-order valence-corrected chi connectivity index (χ3v) is 2.08. The van der Waals surface area contributed by atoms with Crippen molar-refractivity contribution < 1.29 is 23.1 Å². The van der Waals surface area contributed by atoms with Gasteiger partial charge in [0, 0.05) is 0 Å². The molecule has 0 saturated carbocycles. The van der Waals surface area contributed by atoms with Crippen LogP contribution in [0.15, 0.2) is 12.1 Å². The van der Waals surface area contributed by atoms with Crippen molar-refractivity contribution >= 4 is 17.6 Å².